The Bertz CT molecular complexity index is 1200. The zero-order valence-corrected chi connectivity index (χ0v) is 15.6. The molecule has 1 aromatic carbocycles. The number of aliphatic hydroxyl groups is 3. The fraction of sp³-hybridized carbons (Fsp3) is 0.263. The van der Waals surface area contributed by atoms with Gasteiger partial charge in [0.2, 0.25) is 0 Å². The number of aromatic nitrogens is 5. The second-order valence-electron chi connectivity index (χ2n) is 6.82. The van der Waals surface area contributed by atoms with E-state index in [1.807, 2.05) is 30.3 Å². The van der Waals surface area contributed by atoms with Gasteiger partial charge in [-0.15, -0.1) is 5.10 Å². The minimum absolute atomic E-state index is 0.0328. The molecule has 0 fully saturated rings. The molecule has 4 rings (SSSR count). The number of rotatable bonds is 6. The van der Waals surface area contributed by atoms with Crippen LogP contribution in [0.15, 0.2) is 57.6 Å². The van der Waals surface area contributed by atoms with Crippen molar-refractivity contribution in [1.82, 2.24) is 25.0 Å². The molecule has 30 heavy (non-hydrogen) atoms. The summed E-state index contributed by atoms with van der Waals surface area (Å²) in [6.07, 6.45) is -1.14. The summed E-state index contributed by atoms with van der Waals surface area (Å²) >= 11 is 0. The molecule has 0 aliphatic carbocycles. The molecule has 0 saturated heterocycles. The summed E-state index contributed by atoms with van der Waals surface area (Å²) < 4.78 is 6.97. The monoisotopic (exact) mass is 413 g/mol. The number of benzene rings is 1. The van der Waals surface area contributed by atoms with Crippen LogP contribution in [-0.4, -0.2) is 53.0 Å². The van der Waals surface area contributed by atoms with Crippen molar-refractivity contribution in [2.24, 2.45) is 0 Å². The molecule has 0 radical (unpaired) electrons. The number of aromatic amines is 2. The number of aliphatic hydroxyl groups excluding tert-OH is 3. The summed E-state index contributed by atoms with van der Waals surface area (Å²) in [7, 11) is 0. The molecular weight excluding hydrogens is 394 g/mol. The third-order valence-corrected chi connectivity index (χ3v) is 4.74. The van der Waals surface area contributed by atoms with E-state index in [-0.39, 0.29) is 23.4 Å². The molecule has 3 heterocycles. The summed E-state index contributed by atoms with van der Waals surface area (Å²) in [5.41, 5.74) is 0.0745. The predicted molar refractivity (Wildman–Crippen MR) is 103 cm³/mol. The molecule has 3 aromatic rings. The summed E-state index contributed by atoms with van der Waals surface area (Å²) in [5.74, 6) is -0.800. The van der Waals surface area contributed by atoms with Crippen LogP contribution in [0.3, 0.4) is 0 Å². The Labute approximate surface area is 168 Å². The van der Waals surface area contributed by atoms with Gasteiger partial charge in [-0.2, -0.15) is 0 Å². The Kier molecular flexibility index (Phi) is 5.21. The lowest BCUT2D eigenvalue weighted by molar-refractivity contribution is 0.0307. The lowest BCUT2D eigenvalue weighted by Gasteiger charge is -2.17. The van der Waals surface area contributed by atoms with E-state index in [2.05, 4.69) is 20.3 Å². The first-order chi connectivity index (χ1) is 14.5. The molecule has 0 spiro atoms. The standard InChI is InChI=1S/C19H19N5O6/c25-9-13-15(26)16(27)17(30-13)14-12(20-19(29)21-18(14)28)6-11-8-24(23-22-11)7-10-4-2-1-3-5-10/h1-5,8,16-17,25-27H,6-7,9H2,(H2,20,21,28,29)/t16?,17-/m0/s1. The Hall–Kier alpha value is -3.70. The van der Waals surface area contributed by atoms with Crippen molar-refractivity contribution in [1.29, 1.82) is 0 Å². The number of nitrogens with one attached hydrogen (secondary N) is 2. The second kappa shape index (κ2) is 7.97. The maximum atomic E-state index is 12.5. The lowest BCUT2D eigenvalue weighted by atomic mass is 10.0. The average Bonchev–Trinajstić information content (AvgIpc) is 3.27. The molecule has 1 aliphatic heterocycles. The van der Waals surface area contributed by atoms with Crippen molar-refractivity contribution in [2.75, 3.05) is 6.61 Å². The number of nitrogens with zero attached hydrogens (tertiary/aromatic N) is 3. The van der Waals surface area contributed by atoms with Gasteiger partial charge < -0.3 is 25.0 Å². The molecule has 5 N–H and O–H groups in total. The lowest BCUT2D eigenvalue weighted by Crippen LogP contribution is -2.33. The normalized spacial score (nSPS) is 18.6. The Morgan fingerprint density at radius 2 is 1.93 bits per heavy atom. The highest BCUT2D eigenvalue weighted by Crippen LogP contribution is 2.34. The molecule has 2 atom stereocenters. The number of hydrogen-bond acceptors (Lipinski definition) is 8. The van der Waals surface area contributed by atoms with Gasteiger partial charge in [0.15, 0.2) is 23.7 Å². The van der Waals surface area contributed by atoms with Crippen LogP contribution in [0.5, 0.6) is 0 Å². The summed E-state index contributed by atoms with van der Waals surface area (Å²) in [6.45, 7) is -0.154. The molecule has 11 nitrogen and oxygen atoms in total. The van der Waals surface area contributed by atoms with E-state index in [1.165, 1.54) is 0 Å². The molecular formula is C19H19N5O6. The minimum Gasteiger partial charge on any atom is -0.506 e. The van der Waals surface area contributed by atoms with Crippen LogP contribution < -0.4 is 11.2 Å². The van der Waals surface area contributed by atoms with Gasteiger partial charge in [-0.25, -0.2) is 9.48 Å². The molecule has 2 aromatic heterocycles. The topological polar surface area (TPSA) is 166 Å². The van der Waals surface area contributed by atoms with E-state index in [0.717, 1.165) is 5.56 Å². The first-order valence-electron chi connectivity index (χ1n) is 9.12. The highest BCUT2D eigenvalue weighted by molar-refractivity contribution is 5.30. The zero-order valence-electron chi connectivity index (χ0n) is 15.6. The molecule has 1 unspecified atom stereocenters. The van der Waals surface area contributed by atoms with E-state index >= 15 is 0 Å². The van der Waals surface area contributed by atoms with Crippen molar-refractivity contribution >= 4 is 0 Å². The zero-order chi connectivity index (χ0) is 21.3. The summed E-state index contributed by atoms with van der Waals surface area (Å²) in [6, 6.07) is 9.64. The van der Waals surface area contributed by atoms with Crippen LogP contribution in [0.4, 0.5) is 0 Å². The van der Waals surface area contributed by atoms with Crippen molar-refractivity contribution in [3.05, 3.63) is 91.4 Å². The Morgan fingerprint density at radius 1 is 1.17 bits per heavy atom. The van der Waals surface area contributed by atoms with Crippen molar-refractivity contribution in [3.63, 3.8) is 0 Å². The Balaban J connectivity index is 1.63. The van der Waals surface area contributed by atoms with Crippen molar-refractivity contribution in [3.8, 4) is 0 Å². The fourth-order valence-electron chi connectivity index (χ4n) is 3.35. The smallest absolute Gasteiger partial charge is 0.325 e. The van der Waals surface area contributed by atoms with Gasteiger partial charge in [0, 0.05) is 18.3 Å². The molecule has 1 aliphatic rings. The van der Waals surface area contributed by atoms with Crippen molar-refractivity contribution in [2.45, 2.75) is 25.2 Å². The predicted octanol–water partition coefficient (Wildman–Crippen LogP) is -0.512. The van der Waals surface area contributed by atoms with Crippen molar-refractivity contribution < 1.29 is 20.1 Å². The maximum Gasteiger partial charge on any atom is 0.325 e. The van der Waals surface area contributed by atoms with Gasteiger partial charge in [0.1, 0.15) is 6.61 Å². The van der Waals surface area contributed by atoms with Crippen LogP contribution in [-0.2, 0) is 17.7 Å². The van der Waals surface area contributed by atoms with E-state index in [0.29, 0.717) is 12.2 Å². The van der Waals surface area contributed by atoms with Gasteiger partial charge in [0.05, 0.1) is 17.8 Å². The van der Waals surface area contributed by atoms with Crippen LogP contribution in [0.2, 0.25) is 0 Å². The third-order valence-electron chi connectivity index (χ3n) is 4.74. The van der Waals surface area contributed by atoms with E-state index in [9.17, 15) is 24.9 Å². The van der Waals surface area contributed by atoms with E-state index < -0.39 is 35.8 Å². The minimum atomic E-state index is -1.56. The van der Waals surface area contributed by atoms with Crippen LogP contribution in [0.25, 0.3) is 0 Å². The molecule has 0 bridgehead atoms. The highest BCUT2D eigenvalue weighted by Gasteiger charge is 2.39. The molecule has 156 valence electrons. The van der Waals surface area contributed by atoms with Gasteiger partial charge >= 0.3 is 5.69 Å². The average molecular weight is 413 g/mol. The quantitative estimate of drug-likeness (QED) is 0.360. The van der Waals surface area contributed by atoms with Gasteiger partial charge in [-0.05, 0) is 5.56 Å². The van der Waals surface area contributed by atoms with Gasteiger partial charge in [-0.3, -0.25) is 9.78 Å². The third kappa shape index (κ3) is 3.75. The Morgan fingerprint density at radius 3 is 2.63 bits per heavy atom. The molecule has 11 heteroatoms. The summed E-state index contributed by atoms with van der Waals surface area (Å²) in [5, 5.41) is 37.5. The maximum absolute atomic E-state index is 12.5. The number of ether oxygens (including phenoxy) is 1. The first-order valence-corrected chi connectivity index (χ1v) is 9.12. The van der Waals surface area contributed by atoms with Crippen LogP contribution in [0, 0.1) is 0 Å². The largest absolute Gasteiger partial charge is 0.506 e. The SMILES string of the molecule is O=c1[nH]c(Cc2cn(Cc3ccccc3)nn2)c([C@@H]2OC(CO)=C(O)C2O)c(=O)[nH]1. The number of H-pyrrole nitrogens is 2. The van der Waals surface area contributed by atoms with Crippen LogP contribution >= 0.6 is 0 Å². The fourth-order valence-corrected chi connectivity index (χ4v) is 3.35. The van der Waals surface area contributed by atoms with E-state index in [4.69, 9.17) is 4.74 Å². The second-order valence-corrected chi connectivity index (χ2v) is 6.82. The first kappa shape index (κ1) is 19.6. The number of hydrogen-bond donors (Lipinski definition) is 5. The van der Waals surface area contributed by atoms with E-state index in [1.54, 1.807) is 10.9 Å². The molecule has 0 amide bonds. The highest BCUT2D eigenvalue weighted by atomic mass is 16.5. The molecule has 0 saturated carbocycles. The van der Waals surface area contributed by atoms with Gasteiger partial charge in [-0.1, -0.05) is 35.5 Å². The van der Waals surface area contributed by atoms with Gasteiger partial charge in [0.25, 0.3) is 5.56 Å². The van der Waals surface area contributed by atoms with Crippen LogP contribution in [0.1, 0.15) is 28.6 Å². The summed E-state index contributed by atoms with van der Waals surface area (Å²) in [4.78, 5) is 28.9.